The van der Waals surface area contributed by atoms with Gasteiger partial charge in [-0.2, -0.15) is 0 Å². The van der Waals surface area contributed by atoms with E-state index in [-0.39, 0.29) is 11.7 Å². The fourth-order valence-electron chi connectivity index (χ4n) is 2.14. The Hall–Kier alpha value is -2.82. The number of carbonyl (C=O) groups is 1. The normalized spacial score (nSPS) is 10.6. The lowest BCUT2D eigenvalue weighted by Gasteiger charge is -2.06. The van der Waals surface area contributed by atoms with Gasteiger partial charge in [0.25, 0.3) is 0 Å². The lowest BCUT2D eigenvalue weighted by atomic mass is 10.1. The minimum absolute atomic E-state index is 0.195. The predicted octanol–water partition coefficient (Wildman–Crippen LogP) is 3.22. The zero-order valence-corrected chi connectivity index (χ0v) is 13.7. The Bertz CT molecular complexity index is 689. The number of nitrogens with one attached hydrogen (secondary N) is 1. The minimum atomic E-state index is -0.264. The fourth-order valence-corrected chi connectivity index (χ4v) is 2.14. The monoisotopic (exact) mass is 329 g/mol. The third-order valence-corrected chi connectivity index (χ3v) is 3.43. The van der Waals surface area contributed by atoms with E-state index in [1.54, 1.807) is 38.5 Å². The molecule has 0 heterocycles. The third kappa shape index (κ3) is 5.43. The molecule has 0 spiro atoms. The topological polar surface area (TPSA) is 47.6 Å². The van der Waals surface area contributed by atoms with E-state index in [4.69, 9.17) is 9.47 Å². The Morgan fingerprint density at radius 3 is 2.29 bits per heavy atom. The van der Waals surface area contributed by atoms with Crippen molar-refractivity contribution in [3.05, 3.63) is 65.5 Å². The van der Waals surface area contributed by atoms with Crippen molar-refractivity contribution >= 4 is 12.0 Å². The van der Waals surface area contributed by atoms with Crippen molar-refractivity contribution in [2.45, 2.75) is 6.42 Å². The van der Waals surface area contributed by atoms with Crippen molar-refractivity contribution in [1.29, 1.82) is 0 Å². The van der Waals surface area contributed by atoms with E-state index in [0.29, 0.717) is 24.5 Å². The van der Waals surface area contributed by atoms with Gasteiger partial charge < -0.3 is 14.8 Å². The second kappa shape index (κ2) is 8.72. The number of halogens is 1. The van der Waals surface area contributed by atoms with Crippen LogP contribution in [0.2, 0.25) is 0 Å². The van der Waals surface area contributed by atoms with Crippen LogP contribution in [0.5, 0.6) is 11.5 Å². The predicted molar refractivity (Wildman–Crippen MR) is 91.7 cm³/mol. The van der Waals surface area contributed by atoms with E-state index >= 15 is 0 Å². The summed E-state index contributed by atoms with van der Waals surface area (Å²) in [5.41, 5.74) is 1.78. The molecule has 0 fully saturated rings. The summed E-state index contributed by atoms with van der Waals surface area (Å²) < 4.78 is 23.2. The van der Waals surface area contributed by atoms with Crippen molar-refractivity contribution < 1.29 is 18.7 Å². The average molecular weight is 329 g/mol. The summed E-state index contributed by atoms with van der Waals surface area (Å²) in [5, 5.41) is 2.79. The van der Waals surface area contributed by atoms with Gasteiger partial charge in [-0.3, -0.25) is 4.79 Å². The highest BCUT2D eigenvalue weighted by molar-refractivity contribution is 5.91. The molecule has 0 aromatic heterocycles. The molecular weight excluding hydrogens is 309 g/mol. The summed E-state index contributed by atoms with van der Waals surface area (Å²) in [6.07, 6.45) is 3.80. The van der Waals surface area contributed by atoms with E-state index in [1.165, 1.54) is 18.2 Å². The van der Waals surface area contributed by atoms with Gasteiger partial charge in [0.2, 0.25) is 5.91 Å². The number of ether oxygens (including phenoxy) is 2. The quantitative estimate of drug-likeness (QED) is 0.794. The summed E-state index contributed by atoms with van der Waals surface area (Å²) in [4.78, 5) is 11.8. The van der Waals surface area contributed by atoms with Crippen LogP contribution in [0.3, 0.4) is 0 Å². The molecule has 126 valence electrons. The minimum Gasteiger partial charge on any atom is -0.497 e. The maximum absolute atomic E-state index is 12.8. The standard InChI is InChI=1S/C19H20FNO3/c1-23-17-11-15(12-18(13-17)24-2)5-8-19(22)21-10-9-14-3-6-16(20)7-4-14/h3-8,11-13H,9-10H2,1-2H3,(H,21,22)/b8-5+. The van der Waals surface area contributed by atoms with Crippen LogP contribution < -0.4 is 14.8 Å². The zero-order valence-electron chi connectivity index (χ0n) is 13.7. The molecule has 2 aromatic rings. The van der Waals surface area contributed by atoms with E-state index in [2.05, 4.69) is 5.32 Å². The molecule has 0 unspecified atom stereocenters. The van der Waals surface area contributed by atoms with Crippen molar-refractivity contribution in [1.82, 2.24) is 5.32 Å². The fraction of sp³-hybridized carbons (Fsp3) is 0.211. The Morgan fingerprint density at radius 1 is 1.08 bits per heavy atom. The van der Waals surface area contributed by atoms with Crippen molar-refractivity contribution in [2.24, 2.45) is 0 Å². The van der Waals surface area contributed by atoms with E-state index in [0.717, 1.165) is 11.1 Å². The van der Waals surface area contributed by atoms with Gasteiger partial charge in [-0.25, -0.2) is 4.39 Å². The molecule has 2 rings (SSSR count). The number of carbonyl (C=O) groups excluding carboxylic acids is 1. The summed E-state index contributed by atoms with van der Waals surface area (Å²) >= 11 is 0. The second-order valence-corrected chi connectivity index (χ2v) is 5.15. The molecule has 0 atom stereocenters. The Kier molecular flexibility index (Phi) is 6.37. The van der Waals surface area contributed by atoms with Crippen LogP contribution in [0.15, 0.2) is 48.5 Å². The number of benzene rings is 2. The van der Waals surface area contributed by atoms with Gasteiger partial charge in [-0.05, 0) is 47.9 Å². The van der Waals surface area contributed by atoms with Crippen molar-refractivity contribution in [3.63, 3.8) is 0 Å². The number of hydrogen-bond donors (Lipinski definition) is 1. The largest absolute Gasteiger partial charge is 0.497 e. The average Bonchev–Trinajstić information content (AvgIpc) is 2.61. The first-order chi connectivity index (χ1) is 11.6. The number of rotatable bonds is 7. The molecule has 4 nitrogen and oxygen atoms in total. The van der Waals surface area contributed by atoms with Crippen molar-refractivity contribution in [2.75, 3.05) is 20.8 Å². The summed E-state index contributed by atoms with van der Waals surface area (Å²) in [6, 6.07) is 11.6. The van der Waals surface area contributed by atoms with Gasteiger partial charge in [0.15, 0.2) is 0 Å². The van der Waals surface area contributed by atoms with E-state index < -0.39 is 0 Å². The lowest BCUT2D eigenvalue weighted by Crippen LogP contribution is -2.23. The first kappa shape index (κ1) is 17.5. The Balaban J connectivity index is 1.87. The smallest absolute Gasteiger partial charge is 0.244 e. The number of amides is 1. The van der Waals surface area contributed by atoms with Gasteiger partial charge in [0.1, 0.15) is 17.3 Å². The zero-order chi connectivity index (χ0) is 17.4. The highest BCUT2D eigenvalue weighted by atomic mass is 19.1. The maximum atomic E-state index is 12.8. The van der Waals surface area contributed by atoms with Gasteiger partial charge in [0, 0.05) is 18.7 Å². The molecule has 0 radical (unpaired) electrons. The molecule has 0 aliphatic rings. The number of hydrogen-bond acceptors (Lipinski definition) is 3. The van der Waals surface area contributed by atoms with Crippen LogP contribution in [0.25, 0.3) is 6.08 Å². The Labute approximate surface area is 140 Å². The molecule has 24 heavy (non-hydrogen) atoms. The Morgan fingerprint density at radius 2 is 1.71 bits per heavy atom. The molecule has 2 aromatic carbocycles. The third-order valence-electron chi connectivity index (χ3n) is 3.43. The molecule has 1 N–H and O–H groups in total. The highest BCUT2D eigenvalue weighted by Gasteiger charge is 2.01. The number of methoxy groups -OCH3 is 2. The van der Waals surface area contributed by atoms with Crippen LogP contribution in [-0.4, -0.2) is 26.7 Å². The lowest BCUT2D eigenvalue weighted by molar-refractivity contribution is -0.116. The molecule has 0 aliphatic heterocycles. The summed E-state index contributed by atoms with van der Waals surface area (Å²) in [6.45, 7) is 0.482. The van der Waals surface area contributed by atoms with Crippen LogP contribution in [-0.2, 0) is 11.2 Å². The molecule has 0 bridgehead atoms. The van der Waals surface area contributed by atoms with Gasteiger partial charge in [-0.15, -0.1) is 0 Å². The molecular formula is C19H20FNO3. The van der Waals surface area contributed by atoms with E-state index in [1.807, 2.05) is 12.1 Å². The maximum Gasteiger partial charge on any atom is 0.244 e. The molecule has 0 saturated carbocycles. The summed E-state index contributed by atoms with van der Waals surface area (Å²) in [5.74, 6) is 0.856. The molecule has 0 aliphatic carbocycles. The first-order valence-corrected chi connectivity index (χ1v) is 7.54. The van der Waals surface area contributed by atoms with Crippen molar-refractivity contribution in [3.8, 4) is 11.5 Å². The van der Waals surface area contributed by atoms with E-state index in [9.17, 15) is 9.18 Å². The molecule has 1 amide bonds. The molecule has 5 heteroatoms. The first-order valence-electron chi connectivity index (χ1n) is 7.54. The van der Waals surface area contributed by atoms with Gasteiger partial charge in [0.05, 0.1) is 14.2 Å². The van der Waals surface area contributed by atoms with Crippen LogP contribution >= 0.6 is 0 Å². The van der Waals surface area contributed by atoms with Crippen LogP contribution in [0.4, 0.5) is 4.39 Å². The second-order valence-electron chi connectivity index (χ2n) is 5.15. The highest BCUT2D eigenvalue weighted by Crippen LogP contribution is 2.23. The molecule has 0 saturated heterocycles. The van der Waals surface area contributed by atoms with Crippen LogP contribution in [0, 0.1) is 5.82 Å². The van der Waals surface area contributed by atoms with Gasteiger partial charge >= 0.3 is 0 Å². The SMILES string of the molecule is COc1cc(/C=C/C(=O)NCCc2ccc(F)cc2)cc(OC)c1. The van der Waals surface area contributed by atoms with Crippen LogP contribution in [0.1, 0.15) is 11.1 Å². The van der Waals surface area contributed by atoms with Gasteiger partial charge in [-0.1, -0.05) is 12.1 Å². The summed E-state index contributed by atoms with van der Waals surface area (Å²) in [7, 11) is 3.15.